The zero-order valence-electron chi connectivity index (χ0n) is 11.4. The molecule has 3 nitrogen and oxygen atoms in total. The van der Waals surface area contributed by atoms with Crippen LogP contribution in [0.15, 0.2) is 48.7 Å². The van der Waals surface area contributed by atoms with E-state index in [1.54, 1.807) is 18.3 Å². The van der Waals surface area contributed by atoms with Gasteiger partial charge < -0.3 is 4.74 Å². The molecule has 0 bridgehead atoms. The molecule has 0 aliphatic heterocycles. The van der Waals surface area contributed by atoms with Crippen LogP contribution in [0, 0.1) is 0 Å². The highest BCUT2D eigenvalue weighted by Gasteiger charge is 2.18. The fraction of sp³-hybridized carbons (Fsp3) is 0.250. The van der Waals surface area contributed by atoms with Gasteiger partial charge in [-0.05, 0) is 45.0 Å². The summed E-state index contributed by atoms with van der Waals surface area (Å²) in [6, 6.07) is 13.0. The van der Waals surface area contributed by atoms with E-state index >= 15 is 0 Å². The lowest BCUT2D eigenvalue weighted by Gasteiger charge is -2.19. The number of carbonyl (C=O) groups excluding carboxylic acids is 1. The largest absolute Gasteiger partial charge is 0.456 e. The van der Waals surface area contributed by atoms with Gasteiger partial charge in [0.15, 0.2) is 0 Å². The number of pyridine rings is 1. The van der Waals surface area contributed by atoms with E-state index in [0.29, 0.717) is 5.56 Å². The Kier molecular flexibility index (Phi) is 3.65. The van der Waals surface area contributed by atoms with Crippen LogP contribution in [0.5, 0.6) is 0 Å². The van der Waals surface area contributed by atoms with Crippen molar-refractivity contribution in [3.05, 3.63) is 54.2 Å². The summed E-state index contributed by atoms with van der Waals surface area (Å²) in [6.45, 7) is 5.56. The predicted molar refractivity (Wildman–Crippen MR) is 74.8 cm³/mol. The number of nitrogens with zero attached hydrogens (tertiary/aromatic N) is 1. The Morgan fingerprint density at radius 1 is 1.11 bits per heavy atom. The van der Waals surface area contributed by atoms with Crippen LogP contribution in [0.3, 0.4) is 0 Å². The SMILES string of the molecule is CC(C)(C)OC(=O)c1cccc(-c2ccccn2)c1. The van der Waals surface area contributed by atoms with Crippen molar-refractivity contribution in [3.63, 3.8) is 0 Å². The summed E-state index contributed by atoms with van der Waals surface area (Å²) in [7, 11) is 0. The van der Waals surface area contributed by atoms with E-state index in [9.17, 15) is 4.79 Å². The predicted octanol–water partition coefficient (Wildman–Crippen LogP) is 3.70. The zero-order valence-corrected chi connectivity index (χ0v) is 11.4. The number of ether oxygens (including phenoxy) is 1. The van der Waals surface area contributed by atoms with Crippen LogP contribution in [0.25, 0.3) is 11.3 Å². The van der Waals surface area contributed by atoms with Crippen molar-refractivity contribution in [1.82, 2.24) is 4.98 Å². The highest BCUT2D eigenvalue weighted by atomic mass is 16.6. The second-order valence-corrected chi connectivity index (χ2v) is 5.30. The minimum absolute atomic E-state index is 0.315. The Hall–Kier alpha value is -2.16. The molecule has 0 amide bonds. The van der Waals surface area contributed by atoms with Gasteiger partial charge in [0.05, 0.1) is 11.3 Å². The fourth-order valence-electron chi connectivity index (χ4n) is 1.68. The summed E-state index contributed by atoms with van der Waals surface area (Å²) < 4.78 is 5.36. The van der Waals surface area contributed by atoms with E-state index in [1.165, 1.54) is 0 Å². The quantitative estimate of drug-likeness (QED) is 0.768. The van der Waals surface area contributed by atoms with Gasteiger partial charge in [0.25, 0.3) is 0 Å². The van der Waals surface area contributed by atoms with Crippen molar-refractivity contribution in [2.24, 2.45) is 0 Å². The Morgan fingerprint density at radius 3 is 2.53 bits per heavy atom. The number of rotatable bonds is 2. The second kappa shape index (κ2) is 5.22. The lowest BCUT2D eigenvalue weighted by atomic mass is 10.1. The molecule has 0 saturated carbocycles. The molecule has 1 heterocycles. The molecule has 0 N–H and O–H groups in total. The fourth-order valence-corrected chi connectivity index (χ4v) is 1.68. The number of hydrogen-bond acceptors (Lipinski definition) is 3. The molecule has 2 rings (SSSR count). The van der Waals surface area contributed by atoms with Gasteiger partial charge in [-0.3, -0.25) is 4.98 Å². The topological polar surface area (TPSA) is 39.2 Å². The van der Waals surface area contributed by atoms with Gasteiger partial charge in [-0.25, -0.2) is 4.79 Å². The van der Waals surface area contributed by atoms with E-state index in [4.69, 9.17) is 4.74 Å². The van der Waals surface area contributed by atoms with Crippen LogP contribution in [0.2, 0.25) is 0 Å². The Morgan fingerprint density at radius 2 is 1.89 bits per heavy atom. The van der Waals surface area contributed by atoms with Gasteiger partial charge in [0.1, 0.15) is 5.60 Å². The molecular formula is C16H17NO2. The standard InChI is InChI=1S/C16H17NO2/c1-16(2,3)19-15(18)13-8-6-7-12(11-13)14-9-4-5-10-17-14/h4-11H,1-3H3. The van der Waals surface area contributed by atoms with E-state index in [0.717, 1.165) is 11.3 Å². The molecule has 19 heavy (non-hydrogen) atoms. The first-order valence-electron chi connectivity index (χ1n) is 6.20. The maximum atomic E-state index is 12.0. The van der Waals surface area contributed by atoms with Crippen molar-refractivity contribution in [2.75, 3.05) is 0 Å². The van der Waals surface area contributed by atoms with Crippen molar-refractivity contribution in [1.29, 1.82) is 0 Å². The monoisotopic (exact) mass is 255 g/mol. The van der Waals surface area contributed by atoms with E-state index in [1.807, 2.05) is 51.1 Å². The third-order valence-corrected chi connectivity index (χ3v) is 2.46. The molecule has 0 unspecified atom stereocenters. The van der Waals surface area contributed by atoms with Gasteiger partial charge in [-0.15, -0.1) is 0 Å². The highest BCUT2D eigenvalue weighted by molar-refractivity contribution is 5.91. The number of esters is 1. The van der Waals surface area contributed by atoms with Crippen LogP contribution < -0.4 is 0 Å². The highest BCUT2D eigenvalue weighted by Crippen LogP contribution is 2.19. The summed E-state index contributed by atoms with van der Waals surface area (Å²) in [6.07, 6.45) is 1.73. The van der Waals surface area contributed by atoms with E-state index < -0.39 is 5.60 Å². The maximum absolute atomic E-state index is 12.0. The Labute approximate surface area is 113 Å². The average molecular weight is 255 g/mol. The smallest absolute Gasteiger partial charge is 0.338 e. The average Bonchev–Trinajstić information content (AvgIpc) is 2.38. The number of benzene rings is 1. The minimum atomic E-state index is -0.488. The van der Waals surface area contributed by atoms with Crippen LogP contribution in [-0.4, -0.2) is 16.6 Å². The van der Waals surface area contributed by atoms with E-state index in [-0.39, 0.29) is 5.97 Å². The van der Waals surface area contributed by atoms with Gasteiger partial charge in [-0.1, -0.05) is 18.2 Å². The molecule has 0 aliphatic carbocycles. The minimum Gasteiger partial charge on any atom is -0.456 e. The number of hydrogen-bond donors (Lipinski definition) is 0. The molecular weight excluding hydrogens is 238 g/mol. The van der Waals surface area contributed by atoms with Crippen molar-refractivity contribution in [2.45, 2.75) is 26.4 Å². The summed E-state index contributed by atoms with van der Waals surface area (Å²) in [4.78, 5) is 16.3. The molecule has 98 valence electrons. The zero-order chi connectivity index (χ0) is 13.9. The third-order valence-electron chi connectivity index (χ3n) is 2.46. The first kappa shape index (κ1) is 13.3. The summed E-state index contributed by atoms with van der Waals surface area (Å²) in [5.74, 6) is -0.315. The first-order valence-corrected chi connectivity index (χ1v) is 6.20. The summed E-state index contributed by atoms with van der Waals surface area (Å²) in [5, 5.41) is 0. The van der Waals surface area contributed by atoms with Crippen molar-refractivity contribution < 1.29 is 9.53 Å². The van der Waals surface area contributed by atoms with Crippen LogP contribution >= 0.6 is 0 Å². The Bertz CT molecular complexity index is 571. The molecule has 0 aliphatic rings. The normalized spacial score (nSPS) is 11.1. The Balaban J connectivity index is 2.28. The molecule has 0 radical (unpaired) electrons. The van der Waals surface area contributed by atoms with Gasteiger partial charge in [0.2, 0.25) is 0 Å². The lowest BCUT2D eigenvalue weighted by molar-refractivity contribution is 0.00696. The van der Waals surface area contributed by atoms with Crippen LogP contribution in [0.4, 0.5) is 0 Å². The first-order chi connectivity index (χ1) is 8.96. The molecule has 1 aromatic carbocycles. The number of aromatic nitrogens is 1. The van der Waals surface area contributed by atoms with Crippen molar-refractivity contribution >= 4 is 5.97 Å². The van der Waals surface area contributed by atoms with Gasteiger partial charge in [0, 0.05) is 11.8 Å². The molecule has 0 atom stereocenters. The van der Waals surface area contributed by atoms with Crippen LogP contribution in [0.1, 0.15) is 31.1 Å². The second-order valence-electron chi connectivity index (χ2n) is 5.30. The van der Waals surface area contributed by atoms with Gasteiger partial charge >= 0.3 is 5.97 Å². The van der Waals surface area contributed by atoms with E-state index in [2.05, 4.69) is 4.98 Å². The number of carbonyl (C=O) groups is 1. The molecule has 0 fully saturated rings. The van der Waals surface area contributed by atoms with Crippen molar-refractivity contribution in [3.8, 4) is 11.3 Å². The summed E-state index contributed by atoms with van der Waals surface area (Å²) in [5.41, 5.74) is 1.80. The van der Waals surface area contributed by atoms with Gasteiger partial charge in [-0.2, -0.15) is 0 Å². The lowest BCUT2D eigenvalue weighted by Crippen LogP contribution is -2.23. The molecule has 2 aromatic rings. The molecule has 0 saturated heterocycles. The molecule has 1 aromatic heterocycles. The molecule has 0 spiro atoms. The summed E-state index contributed by atoms with van der Waals surface area (Å²) >= 11 is 0. The third kappa shape index (κ3) is 3.65. The molecule has 3 heteroatoms. The van der Waals surface area contributed by atoms with Crippen LogP contribution in [-0.2, 0) is 4.74 Å². The maximum Gasteiger partial charge on any atom is 0.338 e.